The Labute approximate surface area is 262 Å². The average Bonchev–Trinajstić information content (AvgIpc) is 3.72. The molecular weight excluding hydrogens is 622 g/mol. The summed E-state index contributed by atoms with van der Waals surface area (Å²) in [5.41, 5.74) is -0.849. The molecule has 2 N–H and O–H groups in total. The Morgan fingerprint density at radius 2 is 1.91 bits per heavy atom. The fourth-order valence-corrected chi connectivity index (χ4v) is 9.07. The van der Waals surface area contributed by atoms with E-state index in [9.17, 15) is 23.6 Å². The highest BCUT2D eigenvalue weighted by Crippen LogP contribution is 2.56. The highest BCUT2D eigenvalue weighted by Gasteiger charge is 2.75. The molecule has 1 fully saturated rings. The topological polar surface area (TPSA) is 150 Å². The van der Waals surface area contributed by atoms with Crippen molar-refractivity contribution in [1.82, 2.24) is 4.98 Å². The zero-order valence-corrected chi connectivity index (χ0v) is 25.5. The molecule has 6 rings (SSSR count). The molecular formula is C31H27FN5O6S2+. The van der Waals surface area contributed by atoms with Crippen LogP contribution in [-0.2, 0) is 20.4 Å². The van der Waals surface area contributed by atoms with E-state index in [2.05, 4.69) is 16.4 Å². The maximum atomic E-state index is 15.7. The van der Waals surface area contributed by atoms with Gasteiger partial charge in [0.1, 0.15) is 18.1 Å². The van der Waals surface area contributed by atoms with Crippen molar-refractivity contribution < 1.29 is 36.1 Å². The number of hydrogen-bond acceptors (Lipinski definition) is 10. The number of hydrogen-bond donors (Lipinski definition) is 2. The number of anilines is 2. The van der Waals surface area contributed by atoms with E-state index in [1.54, 1.807) is 60.8 Å². The fraction of sp³-hybridized carbons (Fsp3) is 0.226. The van der Waals surface area contributed by atoms with Gasteiger partial charge in [-0.2, -0.15) is 18.5 Å². The number of rotatable bonds is 7. The van der Waals surface area contributed by atoms with Crippen LogP contribution in [0.25, 0.3) is 0 Å². The van der Waals surface area contributed by atoms with Gasteiger partial charge in [0.15, 0.2) is 21.6 Å². The first kappa shape index (κ1) is 30.2. The van der Waals surface area contributed by atoms with Gasteiger partial charge in [0.2, 0.25) is 0 Å². The Morgan fingerprint density at radius 1 is 1.20 bits per heavy atom. The number of carbonyl (C=O) groups excluding carboxylic acids is 1. The molecule has 2 amide bonds. The smallest absolute Gasteiger partial charge is 0.493 e. The van der Waals surface area contributed by atoms with Crippen LogP contribution >= 0.6 is 11.3 Å². The van der Waals surface area contributed by atoms with Crippen molar-refractivity contribution in [3.63, 3.8) is 0 Å². The van der Waals surface area contributed by atoms with E-state index in [4.69, 9.17) is 4.74 Å². The lowest BCUT2D eigenvalue weighted by molar-refractivity contribution is -0.660. The molecule has 0 aliphatic carbocycles. The van der Waals surface area contributed by atoms with Crippen LogP contribution in [0.3, 0.4) is 0 Å². The Balaban J connectivity index is 1.80. The third-order valence-electron chi connectivity index (χ3n) is 8.32. The zero-order chi connectivity index (χ0) is 32.0. The number of benzene rings is 3. The first-order chi connectivity index (χ1) is 21.7. The van der Waals surface area contributed by atoms with Crippen molar-refractivity contribution in [3.05, 3.63) is 101 Å². The minimum absolute atomic E-state index is 0.0605. The maximum Gasteiger partial charge on any atom is 0.537 e. The van der Waals surface area contributed by atoms with E-state index in [1.165, 1.54) is 23.2 Å². The number of nitriles is 1. The van der Waals surface area contributed by atoms with Crippen LogP contribution in [-0.4, -0.2) is 60.1 Å². The summed E-state index contributed by atoms with van der Waals surface area (Å²) in [7, 11) is -5.39. The number of thiazole rings is 1. The first-order valence-electron chi connectivity index (χ1n) is 14.0. The number of aromatic nitrogens is 1. The Morgan fingerprint density at radius 3 is 2.60 bits per heavy atom. The van der Waals surface area contributed by atoms with Crippen LogP contribution < -0.4 is 15.0 Å². The molecule has 4 atom stereocenters. The summed E-state index contributed by atoms with van der Waals surface area (Å²) in [6, 6.07) is 18.3. The number of carboxylic acid groups (broad SMARTS) is 1. The molecule has 2 aliphatic heterocycles. The molecule has 4 unspecified atom stereocenters. The third-order valence-corrected chi connectivity index (χ3v) is 11.3. The fourth-order valence-electron chi connectivity index (χ4n) is 6.52. The van der Waals surface area contributed by atoms with Gasteiger partial charge in [0.25, 0.3) is 0 Å². The van der Waals surface area contributed by atoms with Gasteiger partial charge in [-0.05, 0) is 40.6 Å². The zero-order valence-electron chi connectivity index (χ0n) is 23.8. The molecule has 0 spiro atoms. The monoisotopic (exact) mass is 648 g/mol. The second-order valence-electron chi connectivity index (χ2n) is 10.5. The number of sulfonamides is 1. The van der Waals surface area contributed by atoms with E-state index in [1.807, 2.05) is 0 Å². The van der Waals surface area contributed by atoms with Gasteiger partial charge in [-0.1, -0.05) is 48.5 Å². The summed E-state index contributed by atoms with van der Waals surface area (Å²) < 4.78 is 48.1. The summed E-state index contributed by atoms with van der Waals surface area (Å²) in [6.45, 7) is 0.911. The van der Waals surface area contributed by atoms with Gasteiger partial charge in [-0.15, -0.1) is 11.3 Å². The van der Waals surface area contributed by atoms with Crippen molar-refractivity contribution in [3.8, 4) is 11.8 Å². The van der Waals surface area contributed by atoms with E-state index in [0.717, 1.165) is 23.5 Å². The summed E-state index contributed by atoms with van der Waals surface area (Å²) in [5.74, 6) is -3.32. The van der Waals surface area contributed by atoms with E-state index in [-0.39, 0.29) is 29.6 Å². The number of quaternary nitrogens is 1. The summed E-state index contributed by atoms with van der Waals surface area (Å²) in [4.78, 5) is 34.1. The van der Waals surface area contributed by atoms with Crippen LogP contribution in [0.4, 0.5) is 20.0 Å². The Kier molecular flexibility index (Phi) is 7.56. The van der Waals surface area contributed by atoms with Gasteiger partial charge in [0.05, 0.1) is 12.7 Å². The maximum absolute atomic E-state index is 15.7. The highest BCUT2D eigenvalue weighted by molar-refractivity contribution is 7.86. The van der Waals surface area contributed by atoms with Gasteiger partial charge < -0.3 is 20.1 Å². The number of halogens is 1. The molecule has 45 heavy (non-hydrogen) atoms. The molecule has 3 aromatic carbocycles. The number of nitrogens with one attached hydrogen (secondary N) is 1. The third kappa shape index (κ3) is 4.22. The quantitative estimate of drug-likeness (QED) is 0.265. The van der Waals surface area contributed by atoms with E-state index < -0.39 is 60.7 Å². The van der Waals surface area contributed by atoms with Gasteiger partial charge in [0, 0.05) is 35.3 Å². The molecule has 4 aromatic rings. The number of fused-ring (bicyclic) bond motifs is 1. The molecule has 0 bridgehead atoms. The summed E-state index contributed by atoms with van der Waals surface area (Å²) >= 11 is 1.11. The minimum Gasteiger partial charge on any atom is -0.493 e. The molecule has 11 nitrogen and oxygen atoms in total. The van der Waals surface area contributed by atoms with Gasteiger partial charge >= 0.3 is 22.0 Å². The number of carbonyl (C=O) groups is 2. The van der Waals surface area contributed by atoms with Crippen LogP contribution in [0, 0.1) is 17.1 Å². The molecule has 230 valence electrons. The second-order valence-corrected chi connectivity index (χ2v) is 13.3. The normalized spacial score (nSPS) is 24.4. The van der Waals surface area contributed by atoms with Crippen molar-refractivity contribution in [2.24, 2.45) is 0 Å². The second kappa shape index (κ2) is 11.3. The Bertz CT molecular complexity index is 1950. The molecule has 1 saturated heterocycles. The number of imide groups is 1. The van der Waals surface area contributed by atoms with Crippen molar-refractivity contribution in [2.45, 2.75) is 29.3 Å². The summed E-state index contributed by atoms with van der Waals surface area (Å²) in [6.07, 6.45) is -0.594. The lowest BCUT2D eigenvalue weighted by Gasteiger charge is -2.53. The largest absolute Gasteiger partial charge is 0.537 e. The first-order valence-corrected chi connectivity index (χ1v) is 16.3. The van der Waals surface area contributed by atoms with Gasteiger partial charge in [-0.3, -0.25) is 0 Å². The van der Waals surface area contributed by atoms with Crippen LogP contribution in [0.1, 0.15) is 24.0 Å². The number of amides is 2. The molecule has 14 heteroatoms. The van der Waals surface area contributed by atoms with E-state index in [0.29, 0.717) is 11.3 Å². The van der Waals surface area contributed by atoms with Crippen LogP contribution in [0.2, 0.25) is 0 Å². The summed E-state index contributed by atoms with van der Waals surface area (Å²) in [5, 5.41) is 26.7. The molecule has 1 aromatic heterocycles. The molecule has 2 aliphatic rings. The highest BCUT2D eigenvalue weighted by atomic mass is 32.2. The van der Waals surface area contributed by atoms with Crippen LogP contribution in [0.5, 0.6) is 5.75 Å². The minimum atomic E-state index is -5.39. The molecule has 0 saturated carbocycles. The number of nitrogens with zero attached hydrogens (tertiary/aromatic N) is 4. The van der Waals surface area contributed by atoms with Crippen molar-refractivity contribution in [1.29, 1.82) is 5.26 Å². The van der Waals surface area contributed by atoms with Crippen LogP contribution in [0.15, 0.2) is 89.3 Å². The standard InChI is InChI=1S/C31H26FN5O6S2/c1-2-43-26-13-7-4-10-22(26)31(23-18-35-25-12-6-3-9-21(23)25)28(38)37(30(39)40,45(41,42)27-14-8-5-11-24(27)32)19-20(17-33)36(31)29-34-15-16-44-29/h3-16,20,23,35H,2,18-19H2,1H3/p+1. The number of ether oxygens (including phenoxy) is 1. The number of piperazine rings is 1. The predicted molar refractivity (Wildman–Crippen MR) is 163 cm³/mol. The lowest BCUT2D eigenvalue weighted by Crippen LogP contribution is -2.79. The van der Waals surface area contributed by atoms with Gasteiger partial charge in [-0.25, -0.2) is 14.2 Å². The lowest BCUT2D eigenvalue weighted by atomic mass is 9.70. The number of para-hydroxylation sites is 2. The molecule has 0 radical (unpaired) electrons. The predicted octanol–water partition coefficient (Wildman–Crippen LogP) is 4.91. The average molecular weight is 649 g/mol. The molecule has 3 heterocycles. The SMILES string of the molecule is CCOc1ccccc1C1(C2CNc3ccccc32)C(=O)[N+](C(=O)O)(S(=O)(=O)c2ccccc2F)CC(C#N)N1c1nccs1. The van der Waals surface area contributed by atoms with Crippen molar-refractivity contribution >= 4 is 44.2 Å². The van der Waals surface area contributed by atoms with Crippen molar-refractivity contribution in [2.75, 3.05) is 29.9 Å². The Hall–Kier alpha value is -4.84. The van der Waals surface area contributed by atoms with E-state index >= 15 is 9.18 Å².